The number of hydrogen-bond acceptors (Lipinski definition) is 4. The summed E-state index contributed by atoms with van der Waals surface area (Å²) in [6.45, 7) is 0. The molecule has 0 aliphatic rings. The van der Waals surface area contributed by atoms with Gasteiger partial charge in [0, 0.05) is 52.2 Å². The van der Waals surface area contributed by atoms with Crippen LogP contribution < -0.4 is 0 Å². The number of H-pyrrole nitrogens is 3. The van der Waals surface area contributed by atoms with Crippen LogP contribution in [0.4, 0.5) is 0 Å². The molecule has 5 heterocycles. The molecule has 0 bridgehead atoms. The van der Waals surface area contributed by atoms with Crippen LogP contribution in [0.1, 0.15) is 0 Å². The van der Waals surface area contributed by atoms with Gasteiger partial charge in [0.1, 0.15) is 5.69 Å². The molecule has 3 N–H and O–H groups in total. The Labute approximate surface area is 129 Å². The van der Waals surface area contributed by atoms with Gasteiger partial charge in [-0.25, -0.2) is 4.98 Å². The molecule has 110 valence electrons. The highest BCUT2D eigenvalue weighted by Crippen LogP contribution is 2.30. The fourth-order valence-corrected chi connectivity index (χ4v) is 2.78. The van der Waals surface area contributed by atoms with E-state index in [1.807, 2.05) is 30.7 Å². The minimum absolute atomic E-state index is 0.754. The van der Waals surface area contributed by atoms with Crippen molar-refractivity contribution in [1.29, 1.82) is 0 Å². The molecule has 0 saturated carbocycles. The Morgan fingerprint density at radius 1 is 1.00 bits per heavy atom. The van der Waals surface area contributed by atoms with Crippen molar-refractivity contribution < 1.29 is 0 Å². The summed E-state index contributed by atoms with van der Waals surface area (Å²) in [5.41, 5.74) is 5.55. The predicted molar refractivity (Wildman–Crippen MR) is 86.6 cm³/mol. The Kier molecular flexibility index (Phi) is 2.37. The Bertz CT molecular complexity index is 1080. The lowest BCUT2D eigenvalue weighted by Crippen LogP contribution is -1.81. The molecule has 5 aromatic rings. The second kappa shape index (κ2) is 4.51. The van der Waals surface area contributed by atoms with Crippen molar-refractivity contribution in [2.24, 2.45) is 0 Å². The second-order valence-corrected chi connectivity index (χ2v) is 5.33. The number of fused-ring (bicyclic) bond motifs is 2. The van der Waals surface area contributed by atoms with Crippen molar-refractivity contribution in [3.8, 4) is 22.5 Å². The largest absolute Gasteiger partial charge is 0.353 e. The summed E-state index contributed by atoms with van der Waals surface area (Å²) in [4.78, 5) is 12.0. The van der Waals surface area contributed by atoms with Gasteiger partial charge in [-0.1, -0.05) is 0 Å². The van der Waals surface area contributed by atoms with Crippen LogP contribution in [-0.2, 0) is 0 Å². The fraction of sp³-hybridized carbons (Fsp3) is 0. The third kappa shape index (κ3) is 1.83. The molecule has 23 heavy (non-hydrogen) atoms. The van der Waals surface area contributed by atoms with Crippen LogP contribution in [0.3, 0.4) is 0 Å². The standard InChI is InChI=1S/C16H11N7/c1-2-17-5-10-4-14(21-13(1)10)15-12-3-9(11-7-19-20-8-11)6-18-16(12)23-22-15/h1-8,21H,(H,19,20)(H,18,22,23). The van der Waals surface area contributed by atoms with Gasteiger partial charge in [0.15, 0.2) is 5.65 Å². The van der Waals surface area contributed by atoms with Gasteiger partial charge in [0.2, 0.25) is 0 Å². The summed E-state index contributed by atoms with van der Waals surface area (Å²) >= 11 is 0. The highest BCUT2D eigenvalue weighted by atomic mass is 15.2. The molecule has 0 saturated heterocycles. The molecule has 0 aliphatic heterocycles. The maximum absolute atomic E-state index is 4.45. The third-order valence-electron chi connectivity index (χ3n) is 3.92. The maximum atomic E-state index is 4.45. The van der Waals surface area contributed by atoms with Crippen molar-refractivity contribution >= 4 is 21.9 Å². The highest BCUT2D eigenvalue weighted by Gasteiger charge is 2.13. The first-order valence-corrected chi connectivity index (χ1v) is 7.15. The molecule has 0 radical (unpaired) electrons. The van der Waals surface area contributed by atoms with Gasteiger partial charge >= 0.3 is 0 Å². The lowest BCUT2D eigenvalue weighted by molar-refractivity contribution is 1.09. The summed E-state index contributed by atoms with van der Waals surface area (Å²) in [6.07, 6.45) is 9.03. The molecular weight excluding hydrogens is 290 g/mol. The minimum atomic E-state index is 0.754. The number of aromatic amines is 3. The number of nitrogens with one attached hydrogen (secondary N) is 3. The zero-order valence-corrected chi connectivity index (χ0v) is 11.9. The van der Waals surface area contributed by atoms with E-state index in [-0.39, 0.29) is 0 Å². The second-order valence-electron chi connectivity index (χ2n) is 5.33. The van der Waals surface area contributed by atoms with Gasteiger partial charge < -0.3 is 4.98 Å². The first-order chi connectivity index (χ1) is 11.4. The fourth-order valence-electron chi connectivity index (χ4n) is 2.78. The lowest BCUT2D eigenvalue weighted by Gasteiger charge is -1.98. The van der Waals surface area contributed by atoms with E-state index in [4.69, 9.17) is 0 Å². The molecular formula is C16H11N7. The quantitative estimate of drug-likeness (QED) is 0.467. The first kappa shape index (κ1) is 12.1. The molecule has 7 nitrogen and oxygen atoms in total. The van der Waals surface area contributed by atoms with Crippen LogP contribution >= 0.6 is 0 Å². The summed E-state index contributed by atoms with van der Waals surface area (Å²) in [7, 11) is 0. The average Bonchev–Trinajstić information content (AvgIpc) is 3.32. The van der Waals surface area contributed by atoms with Crippen molar-refractivity contribution in [1.82, 2.24) is 35.3 Å². The van der Waals surface area contributed by atoms with Gasteiger partial charge in [0.25, 0.3) is 0 Å². The van der Waals surface area contributed by atoms with Crippen LogP contribution in [0.2, 0.25) is 0 Å². The van der Waals surface area contributed by atoms with Crippen LogP contribution in [-0.4, -0.2) is 35.3 Å². The lowest BCUT2D eigenvalue weighted by atomic mass is 10.1. The Morgan fingerprint density at radius 3 is 2.87 bits per heavy atom. The number of nitrogens with zero attached hydrogens (tertiary/aromatic N) is 4. The highest BCUT2D eigenvalue weighted by molar-refractivity contribution is 5.95. The van der Waals surface area contributed by atoms with Crippen molar-refractivity contribution in [3.63, 3.8) is 0 Å². The molecule has 0 atom stereocenters. The van der Waals surface area contributed by atoms with Crippen LogP contribution in [0.15, 0.2) is 49.2 Å². The normalized spacial score (nSPS) is 11.5. The van der Waals surface area contributed by atoms with E-state index in [2.05, 4.69) is 41.4 Å². The summed E-state index contributed by atoms with van der Waals surface area (Å²) in [6, 6.07) is 6.06. The Morgan fingerprint density at radius 2 is 2.00 bits per heavy atom. The minimum Gasteiger partial charge on any atom is -0.353 e. The molecule has 0 fully saturated rings. The van der Waals surface area contributed by atoms with Crippen molar-refractivity contribution in [3.05, 3.63) is 49.2 Å². The summed E-state index contributed by atoms with van der Waals surface area (Å²) in [5, 5.41) is 16.2. The Balaban J connectivity index is 1.73. The van der Waals surface area contributed by atoms with Gasteiger partial charge in [-0.3, -0.25) is 15.2 Å². The van der Waals surface area contributed by atoms with Crippen LogP contribution in [0.5, 0.6) is 0 Å². The smallest absolute Gasteiger partial charge is 0.155 e. The topological polar surface area (TPSA) is 98.9 Å². The zero-order valence-electron chi connectivity index (χ0n) is 11.9. The van der Waals surface area contributed by atoms with Crippen LogP contribution in [0.25, 0.3) is 44.5 Å². The third-order valence-corrected chi connectivity index (χ3v) is 3.92. The van der Waals surface area contributed by atoms with E-state index in [1.165, 1.54) is 0 Å². The van der Waals surface area contributed by atoms with Gasteiger partial charge in [-0.2, -0.15) is 10.2 Å². The van der Waals surface area contributed by atoms with Crippen molar-refractivity contribution in [2.75, 3.05) is 0 Å². The molecule has 0 unspecified atom stereocenters. The number of hydrogen-bond donors (Lipinski definition) is 3. The number of pyridine rings is 2. The molecule has 0 aromatic carbocycles. The van der Waals surface area contributed by atoms with E-state index in [0.717, 1.165) is 44.5 Å². The number of rotatable bonds is 2. The maximum Gasteiger partial charge on any atom is 0.155 e. The zero-order chi connectivity index (χ0) is 15.2. The predicted octanol–water partition coefficient (Wildman–Crippen LogP) is 2.89. The Hall–Kier alpha value is -3.48. The van der Waals surface area contributed by atoms with E-state index in [9.17, 15) is 0 Å². The van der Waals surface area contributed by atoms with Gasteiger partial charge in [-0.15, -0.1) is 0 Å². The average molecular weight is 301 g/mol. The van der Waals surface area contributed by atoms with E-state index in [1.54, 1.807) is 12.4 Å². The van der Waals surface area contributed by atoms with Crippen LogP contribution in [0, 0.1) is 0 Å². The molecule has 0 spiro atoms. The summed E-state index contributed by atoms with van der Waals surface area (Å²) < 4.78 is 0. The molecule has 5 rings (SSSR count). The van der Waals surface area contributed by atoms with Crippen molar-refractivity contribution in [2.45, 2.75) is 0 Å². The van der Waals surface area contributed by atoms with E-state index >= 15 is 0 Å². The monoisotopic (exact) mass is 301 g/mol. The van der Waals surface area contributed by atoms with Gasteiger partial charge in [0.05, 0.1) is 11.9 Å². The molecule has 7 heteroatoms. The number of aromatic nitrogens is 7. The first-order valence-electron chi connectivity index (χ1n) is 7.15. The van der Waals surface area contributed by atoms with E-state index < -0.39 is 0 Å². The molecule has 0 aliphatic carbocycles. The summed E-state index contributed by atoms with van der Waals surface area (Å²) in [5.74, 6) is 0. The molecule has 5 aromatic heterocycles. The van der Waals surface area contributed by atoms with E-state index in [0.29, 0.717) is 0 Å². The molecule has 0 amide bonds. The van der Waals surface area contributed by atoms with Gasteiger partial charge in [-0.05, 0) is 18.2 Å². The SMILES string of the molecule is c1cc2[nH]c(-c3n[nH]c4ncc(-c5cn[nH]c5)cc34)cc2cn1.